The number of benzene rings is 1. The van der Waals surface area contributed by atoms with Gasteiger partial charge in [0, 0.05) is 5.92 Å². The van der Waals surface area contributed by atoms with Gasteiger partial charge >= 0.3 is 0 Å². The molecular weight excluding hydrogens is 242 g/mol. The summed E-state index contributed by atoms with van der Waals surface area (Å²) in [5.41, 5.74) is 0.796. The van der Waals surface area contributed by atoms with Crippen molar-refractivity contribution in [1.29, 1.82) is 0 Å². The average molecular weight is 255 g/mol. The van der Waals surface area contributed by atoms with Crippen molar-refractivity contribution < 1.29 is 14.7 Å². The maximum Gasteiger partial charge on any atom is 0.261 e. The zero-order chi connectivity index (χ0) is 13.4. The van der Waals surface area contributed by atoms with Crippen molar-refractivity contribution in [2.24, 2.45) is 5.92 Å². The first kappa shape index (κ1) is 11.9. The first-order valence-electron chi connectivity index (χ1n) is 6.31. The summed E-state index contributed by atoms with van der Waals surface area (Å²) in [5, 5.41) is 9.78. The molecule has 0 bridgehead atoms. The summed E-state index contributed by atoms with van der Waals surface area (Å²) in [6.07, 6.45) is 1.18. The molecular formula is C15H13NO3. The van der Waals surface area contributed by atoms with Crippen molar-refractivity contribution in [1.82, 2.24) is 4.90 Å². The number of carbonyl (C=O) groups excluding carboxylic acids is 2. The van der Waals surface area contributed by atoms with Crippen LogP contribution in [-0.2, 0) is 0 Å². The van der Waals surface area contributed by atoms with E-state index in [9.17, 15) is 14.7 Å². The number of rotatable bonds is 2. The van der Waals surface area contributed by atoms with E-state index in [0.717, 1.165) is 17.7 Å². The SMILES string of the molecule is O=C1c2ccccc2C(=O)N1CC(O)C#CC1CC1. The Balaban J connectivity index is 1.75. The van der Waals surface area contributed by atoms with Gasteiger partial charge in [0.15, 0.2) is 0 Å². The normalized spacial score (nSPS) is 18.9. The molecule has 1 atom stereocenters. The minimum atomic E-state index is -0.970. The monoisotopic (exact) mass is 255 g/mol. The van der Waals surface area contributed by atoms with Gasteiger partial charge in [-0.25, -0.2) is 0 Å². The Hall–Kier alpha value is -2.12. The predicted molar refractivity (Wildman–Crippen MR) is 68.3 cm³/mol. The number of carbonyl (C=O) groups is 2. The number of β-amino-alcohol motifs (C(OH)–C–C–N with tert-alkyl or cyclic N) is 1. The Morgan fingerprint density at radius 2 is 1.79 bits per heavy atom. The molecule has 1 aromatic carbocycles. The molecule has 19 heavy (non-hydrogen) atoms. The fourth-order valence-corrected chi connectivity index (χ4v) is 2.07. The lowest BCUT2D eigenvalue weighted by atomic mass is 10.1. The van der Waals surface area contributed by atoms with E-state index in [2.05, 4.69) is 11.8 Å². The summed E-state index contributed by atoms with van der Waals surface area (Å²) in [7, 11) is 0. The molecule has 2 amide bonds. The lowest BCUT2D eigenvalue weighted by Gasteiger charge is -2.14. The lowest BCUT2D eigenvalue weighted by Crippen LogP contribution is -2.36. The number of amides is 2. The Labute approximate surface area is 111 Å². The maximum atomic E-state index is 12.0. The van der Waals surface area contributed by atoms with Crippen molar-refractivity contribution in [2.75, 3.05) is 6.54 Å². The molecule has 0 saturated heterocycles. The van der Waals surface area contributed by atoms with E-state index in [0.29, 0.717) is 17.0 Å². The highest BCUT2D eigenvalue weighted by atomic mass is 16.3. The van der Waals surface area contributed by atoms with Crippen LogP contribution >= 0.6 is 0 Å². The zero-order valence-corrected chi connectivity index (χ0v) is 10.3. The van der Waals surface area contributed by atoms with Gasteiger partial charge in [-0.05, 0) is 25.0 Å². The highest BCUT2D eigenvalue weighted by molar-refractivity contribution is 6.21. The van der Waals surface area contributed by atoms with Crippen LogP contribution in [0.15, 0.2) is 24.3 Å². The molecule has 0 aromatic heterocycles. The van der Waals surface area contributed by atoms with E-state index in [1.165, 1.54) is 0 Å². The summed E-state index contributed by atoms with van der Waals surface area (Å²) < 4.78 is 0. The van der Waals surface area contributed by atoms with Gasteiger partial charge in [-0.2, -0.15) is 0 Å². The van der Waals surface area contributed by atoms with Crippen molar-refractivity contribution in [3.63, 3.8) is 0 Å². The average Bonchev–Trinajstić information content (AvgIpc) is 3.22. The minimum absolute atomic E-state index is 0.0634. The fourth-order valence-electron chi connectivity index (χ4n) is 2.07. The van der Waals surface area contributed by atoms with E-state index in [4.69, 9.17) is 0 Å². The van der Waals surface area contributed by atoms with E-state index >= 15 is 0 Å². The number of nitrogens with zero attached hydrogens (tertiary/aromatic N) is 1. The molecule has 1 heterocycles. The molecule has 1 saturated carbocycles. The summed E-state index contributed by atoms with van der Waals surface area (Å²) in [4.78, 5) is 25.1. The third kappa shape index (κ3) is 2.25. The Kier molecular flexibility index (Phi) is 2.84. The molecule has 4 nitrogen and oxygen atoms in total. The van der Waals surface area contributed by atoms with Crippen molar-refractivity contribution in [3.05, 3.63) is 35.4 Å². The number of hydrogen-bond donors (Lipinski definition) is 1. The smallest absolute Gasteiger partial charge is 0.261 e. The van der Waals surface area contributed by atoms with E-state index < -0.39 is 6.10 Å². The highest BCUT2D eigenvalue weighted by Crippen LogP contribution is 2.27. The predicted octanol–water partition coefficient (Wildman–Crippen LogP) is 1.06. The van der Waals surface area contributed by atoms with Gasteiger partial charge < -0.3 is 5.11 Å². The number of aliphatic hydroxyl groups is 1. The molecule has 1 fully saturated rings. The molecule has 1 aliphatic carbocycles. The van der Waals surface area contributed by atoms with Crippen LogP contribution in [0.25, 0.3) is 0 Å². The van der Waals surface area contributed by atoms with Crippen LogP contribution in [0.5, 0.6) is 0 Å². The number of fused-ring (bicyclic) bond motifs is 1. The molecule has 96 valence electrons. The number of hydrogen-bond acceptors (Lipinski definition) is 3. The second-order valence-corrected chi connectivity index (χ2v) is 4.85. The molecule has 1 N–H and O–H groups in total. The quantitative estimate of drug-likeness (QED) is 0.635. The highest BCUT2D eigenvalue weighted by Gasteiger charge is 2.35. The molecule has 3 rings (SSSR count). The Bertz CT molecular complexity index is 572. The van der Waals surface area contributed by atoms with Gasteiger partial charge in [0.25, 0.3) is 11.8 Å². The largest absolute Gasteiger partial charge is 0.378 e. The molecule has 4 heteroatoms. The van der Waals surface area contributed by atoms with E-state index in [1.807, 2.05) is 0 Å². The van der Waals surface area contributed by atoms with Gasteiger partial charge in [0.05, 0.1) is 17.7 Å². The Morgan fingerprint density at radius 1 is 1.21 bits per heavy atom. The molecule has 1 aromatic rings. The molecule has 0 spiro atoms. The van der Waals surface area contributed by atoms with Crippen LogP contribution < -0.4 is 0 Å². The minimum Gasteiger partial charge on any atom is -0.378 e. The third-order valence-electron chi connectivity index (χ3n) is 3.27. The molecule has 2 aliphatic rings. The van der Waals surface area contributed by atoms with Gasteiger partial charge in [0.1, 0.15) is 6.10 Å². The fraction of sp³-hybridized carbons (Fsp3) is 0.333. The first-order chi connectivity index (χ1) is 9.16. The van der Waals surface area contributed by atoms with Gasteiger partial charge in [-0.3, -0.25) is 14.5 Å². The van der Waals surface area contributed by atoms with Gasteiger partial charge in [-0.15, -0.1) is 0 Å². The third-order valence-corrected chi connectivity index (χ3v) is 3.27. The maximum absolute atomic E-state index is 12.0. The van der Waals surface area contributed by atoms with Crippen LogP contribution in [0, 0.1) is 17.8 Å². The van der Waals surface area contributed by atoms with Crippen molar-refractivity contribution >= 4 is 11.8 Å². The van der Waals surface area contributed by atoms with Crippen molar-refractivity contribution in [2.45, 2.75) is 18.9 Å². The summed E-state index contributed by atoms with van der Waals surface area (Å²) in [5.74, 6) is 5.31. The summed E-state index contributed by atoms with van der Waals surface area (Å²) in [6, 6.07) is 6.68. The number of imide groups is 1. The summed E-state index contributed by atoms with van der Waals surface area (Å²) >= 11 is 0. The Morgan fingerprint density at radius 3 is 2.32 bits per heavy atom. The lowest BCUT2D eigenvalue weighted by molar-refractivity contribution is 0.0591. The zero-order valence-electron chi connectivity index (χ0n) is 10.3. The van der Waals surface area contributed by atoms with Crippen molar-refractivity contribution in [3.8, 4) is 11.8 Å². The van der Waals surface area contributed by atoms with E-state index in [1.54, 1.807) is 24.3 Å². The van der Waals surface area contributed by atoms with Gasteiger partial charge in [-0.1, -0.05) is 24.0 Å². The second-order valence-electron chi connectivity index (χ2n) is 4.85. The van der Waals surface area contributed by atoms with Crippen LogP contribution in [0.3, 0.4) is 0 Å². The van der Waals surface area contributed by atoms with Gasteiger partial charge in [0.2, 0.25) is 0 Å². The molecule has 1 aliphatic heterocycles. The topological polar surface area (TPSA) is 57.6 Å². The molecule has 1 unspecified atom stereocenters. The van der Waals surface area contributed by atoms with E-state index in [-0.39, 0.29) is 18.4 Å². The van der Waals surface area contributed by atoms with Crippen LogP contribution in [0.4, 0.5) is 0 Å². The van der Waals surface area contributed by atoms with Crippen LogP contribution in [-0.4, -0.2) is 34.5 Å². The second kappa shape index (κ2) is 4.52. The standard InChI is InChI=1S/C15H13NO3/c17-11(8-7-10-5-6-10)9-16-14(18)12-3-1-2-4-13(12)15(16)19/h1-4,10-11,17H,5-6,9H2. The van der Waals surface area contributed by atoms with Crippen LogP contribution in [0.1, 0.15) is 33.6 Å². The number of aliphatic hydroxyl groups excluding tert-OH is 1. The summed E-state index contributed by atoms with van der Waals surface area (Å²) in [6.45, 7) is -0.0634. The molecule has 0 radical (unpaired) electrons. The first-order valence-corrected chi connectivity index (χ1v) is 6.31. The van der Waals surface area contributed by atoms with Crippen LogP contribution in [0.2, 0.25) is 0 Å².